The number of hydrogen-bond donors (Lipinski definition) is 0. The van der Waals surface area contributed by atoms with Crippen LogP contribution in [0.1, 0.15) is 0 Å². The number of hydrogen-bond acceptors (Lipinski definition) is 5. The monoisotopic (exact) mass is 274 g/mol. The van der Waals surface area contributed by atoms with Crippen molar-refractivity contribution in [2.24, 2.45) is 0 Å². The van der Waals surface area contributed by atoms with Crippen LogP contribution < -0.4 is 0 Å². The zero-order valence-corrected chi connectivity index (χ0v) is 10.2. The van der Waals surface area contributed by atoms with Crippen molar-refractivity contribution in [3.8, 4) is 0 Å². The summed E-state index contributed by atoms with van der Waals surface area (Å²) in [6.07, 6.45) is 1.28. The summed E-state index contributed by atoms with van der Waals surface area (Å²) < 4.78 is 6.31. The summed E-state index contributed by atoms with van der Waals surface area (Å²) in [6.45, 7) is 2.00. The molecule has 0 N–H and O–H groups in total. The van der Waals surface area contributed by atoms with Crippen LogP contribution in [-0.4, -0.2) is 51.8 Å². The van der Waals surface area contributed by atoms with Crippen molar-refractivity contribution in [1.29, 1.82) is 0 Å². The lowest BCUT2D eigenvalue weighted by Gasteiger charge is -2.26. The van der Waals surface area contributed by atoms with Gasteiger partial charge in [0.05, 0.1) is 24.5 Å². The third kappa shape index (κ3) is 2.77. The molecule has 8 nitrogen and oxygen atoms in total. The van der Waals surface area contributed by atoms with Crippen LogP contribution in [0, 0.1) is 10.1 Å². The Morgan fingerprint density at radius 1 is 1.56 bits per heavy atom. The second-order valence-electron chi connectivity index (χ2n) is 3.75. The summed E-state index contributed by atoms with van der Waals surface area (Å²) in [6, 6.07) is 0. The van der Waals surface area contributed by atoms with Crippen LogP contribution in [0.15, 0.2) is 6.20 Å². The fourth-order valence-corrected chi connectivity index (χ4v) is 1.86. The van der Waals surface area contributed by atoms with E-state index in [0.29, 0.717) is 26.3 Å². The number of carbonyl (C=O) groups is 1. The van der Waals surface area contributed by atoms with Gasteiger partial charge >= 0.3 is 5.82 Å². The van der Waals surface area contributed by atoms with Crippen LogP contribution in [0.25, 0.3) is 0 Å². The van der Waals surface area contributed by atoms with Gasteiger partial charge in [0.25, 0.3) is 0 Å². The first kappa shape index (κ1) is 12.8. The number of halogens is 1. The predicted octanol–water partition coefficient (Wildman–Crippen LogP) is 0.303. The van der Waals surface area contributed by atoms with E-state index >= 15 is 0 Å². The molecule has 1 aromatic heterocycles. The van der Waals surface area contributed by atoms with Gasteiger partial charge in [-0.25, -0.2) is 0 Å². The van der Waals surface area contributed by atoms with Gasteiger partial charge in [0.15, 0.2) is 5.02 Å². The lowest BCUT2D eigenvalue weighted by molar-refractivity contribution is -0.389. The average Bonchev–Trinajstić information content (AvgIpc) is 2.71. The molecule has 1 fully saturated rings. The summed E-state index contributed by atoms with van der Waals surface area (Å²) in [7, 11) is 0. The maximum atomic E-state index is 11.9. The Morgan fingerprint density at radius 3 is 2.78 bits per heavy atom. The summed E-state index contributed by atoms with van der Waals surface area (Å²) in [5, 5.41) is 14.1. The van der Waals surface area contributed by atoms with Gasteiger partial charge < -0.3 is 19.8 Å². The highest BCUT2D eigenvalue weighted by atomic mass is 35.5. The van der Waals surface area contributed by atoms with E-state index in [-0.39, 0.29) is 17.5 Å². The van der Waals surface area contributed by atoms with Gasteiger partial charge in [-0.2, -0.15) is 4.68 Å². The van der Waals surface area contributed by atoms with E-state index in [1.54, 1.807) is 4.90 Å². The van der Waals surface area contributed by atoms with Gasteiger partial charge in [-0.05, 0) is 4.92 Å². The highest BCUT2D eigenvalue weighted by Crippen LogP contribution is 2.21. The SMILES string of the molecule is O=C(Cn1cc(Cl)c([N+](=O)[O-])n1)N1CCOCC1. The zero-order valence-electron chi connectivity index (χ0n) is 9.41. The summed E-state index contributed by atoms with van der Waals surface area (Å²) >= 11 is 5.64. The van der Waals surface area contributed by atoms with E-state index < -0.39 is 10.7 Å². The van der Waals surface area contributed by atoms with Gasteiger partial charge in [-0.3, -0.25) is 4.79 Å². The Kier molecular flexibility index (Phi) is 3.78. The van der Waals surface area contributed by atoms with Crippen LogP contribution in [0.5, 0.6) is 0 Å². The molecule has 98 valence electrons. The molecule has 0 aliphatic carbocycles. The van der Waals surface area contributed by atoms with Crippen molar-refractivity contribution in [2.75, 3.05) is 26.3 Å². The van der Waals surface area contributed by atoms with Crippen molar-refractivity contribution in [3.05, 3.63) is 21.3 Å². The van der Waals surface area contributed by atoms with Crippen LogP contribution in [0.3, 0.4) is 0 Å². The number of carbonyl (C=O) groups excluding carboxylic acids is 1. The first-order chi connectivity index (χ1) is 8.58. The first-order valence-corrected chi connectivity index (χ1v) is 5.68. The molecule has 2 rings (SSSR count). The van der Waals surface area contributed by atoms with Crippen molar-refractivity contribution >= 4 is 23.3 Å². The molecule has 1 saturated heterocycles. The highest BCUT2D eigenvalue weighted by molar-refractivity contribution is 6.32. The molecule has 0 atom stereocenters. The van der Waals surface area contributed by atoms with Gasteiger partial charge in [-0.15, -0.1) is 0 Å². The van der Waals surface area contributed by atoms with Gasteiger partial charge in [-0.1, -0.05) is 11.6 Å². The fourth-order valence-electron chi connectivity index (χ4n) is 1.64. The van der Waals surface area contributed by atoms with Crippen LogP contribution in [0.2, 0.25) is 5.02 Å². The molecule has 0 bridgehead atoms. The molecule has 0 radical (unpaired) electrons. The average molecular weight is 275 g/mol. The highest BCUT2D eigenvalue weighted by Gasteiger charge is 2.23. The quantitative estimate of drug-likeness (QED) is 0.584. The van der Waals surface area contributed by atoms with Gasteiger partial charge in [0.1, 0.15) is 6.54 Å². The molecule has 1 amide bonds. The maximum Gasteiger partial charge on any atom is 0.408 e. The predicted molar refractivity (Wildman–Crippen MR) is 61.3 cm³/mol. The lowest BCUT2D eigenvalue weighted by Crippen LogP contribution is -2.42. The Labute approximate surface area is 107 Å². The van der Waals surface area contributed by atoms with Crippen molar-refractivity contribution in [2.45, 2.75) is 6.54 Å². The lowest BCUT2D eigenvalue weighted by atomic mass is 10.4. The number of nitro groups is 1. The number of amides is 1. The molecule has 0 aromatic carbocycles. The second-order valence-corrected chi connectivity index (χ2v) is 4.16. The van der Waals surface area contributed by atoms with Crippen LogP contribution in [-0.2, 0) is 16.1 Å². The number of nitrogens with zero attached hydrogens (tertiary/aromatic N) is 4. The molecule has 1 aromatic rings. The topological polar surface area (TPSA) is 90.5 Å². The Bertz CT molecular complexity index is 469. The second kappa shape index (κ2) is 5.32. The first-order valence-electron chi connectivity index (χ1n) is 5.31. The Hall–Kier alpha value is -1.67. The number of morpholine rings is 1. The molecule has 1 aliphatic heterocycles. The van der Waals surface area contributed by atoms with Crippen LogP contribution >= 0.6 is 11.6 Å². The number of rotatable bonds is 3. The smallest absolute Gasteiger partial charge is 0.378 e. The van der Waals surface area contributed by atoms with E-state index in [9.17, 15) is 14.9 Å². The number of ether oxygens (including phenoxy) is 1. The summed E-state index contributed by atoms with van der Waals surface area (Å²) in [5.41, 5.74) is 0. The fraction of sp³-hybridized carbons (Fsp3) is 0.556. The molecule has 0 spiro atoms. The van der Waals surface area contributed by atoms with Gasteiger partial charge in [0.2, 0.25) is 5.91 Å². The molecule has 2 heterocycles. The van der Waals surface area contributed by atoms with Crippen molar-refractivity contribution in [1.82, 2.24) is 14.7 Å². The van der Waals surface area contributed by atoms with E-state index in [1.807, 2.05) is 0 Å². The van der Waals surface area contributed by atoms with E-state index in [1.165, 1.54) is 10.9 Å². The molecule has 0 saturated carbocycles. The molecule has 9 heteroatoms. The third-order valence-electron chi connectivity index (χ3n) is 2.53. The van der Waals surface area contributed by atoms with Crippen molar-refractivity contribution in [3.63, 3.8) is 0 Å². The maximum absolute atomic E-state index is 11.9. The molecule has 1 aliphatic rings. The minimum atomic E-state index is -0.682. The summed E-state index contributed by atoms with van der Waals surface area (Å²) in [4.78, 5) is 23.4. The van der Waals surface area contributed by atoms with E-state index in [2.05, 4.69) is 5.10 Å². The van der Waals surface area contributed by atoms with E-state index in [4.69, 9.17) is 16.3 Å². The molecule has 0 unspecified atom stereocenters. The molecular weight excluding hydrogens is 264 g/mol. The largest absolute Gasteiger partial charge is 0.408 e. The molecule has 18 heavy (non-hydrogen) atoms. The Balaban J connectivity index is 2.02. The standard InChI is InChI=1S/C9H11ClN4O4/c10-7-5-13(11-9(7)14(16)17)6-8(15)12-1-3-18-4-2-12/h5H,1-4,6H2. The van der Waals surface area contributed by atoms with Crippen molar-refractivity contribution < 1.29 is 14.5 Å². The van der Waals surface area contributed by atoms with E-state index in [0.717, 1.165) is 0 Å². The number of aromatic nitrogens is 2. The minimum absolute atomic E-state index is 0.0619. The van der Waals surface area contributed by atoms with Gasteiger partial charge in [0, 0.05) is 13.1 Å². The summed E-state index contributed by atoms with van der Waals surface area (Å²) in [5.74, 6) is -0.598. The zero-order chi connectivity index (χ0) is 13.1. The molecular formula is C9H11ClN4O4. The normalized spacial score (nSPS) is 15.7. The minimum Gasteiger partial charge on any atom is -0.378 e. The third-order valence-corrected chi connectivity index (χ3v) is 2.80. The van der Waals surface area contributed by atoms with Crippen LogP contribution in [0.4, 0.5) is 5.82 Å². The Morgan fingerprint density at radius 2 is 2.22 bits per heavy atom.